The minimum Gasteiger partial charge on any atom is -0.454 e. The van der Waals surface area contributed by atoms with E-state index in [4.69, 9.17) is 33.7 Å². The minimum absolute atomic E-state index is 0.106. The van der Waals surface area contributed by atoms with Gasteiger partial charge in [0.25, 0.3) is 5.56 Å². The van der Waals surface area contributed by atoms with Crippen LogP contribution in [0.1, 0.15) is 39.6 Å². The molecule has 5 rings (SSSR count). The highest BCUT2D eigenvalue weighted by Crippen LogP contribution is 2.63. The number of esters is 1. The first kappa shape index (κ1) is 35.1. The molecule has 0 aliphatic carbocycles. The Balaban J connectivity index is 1.35. The maximum absolute atomic E-state index is 14.3. The van der Waals surface area contributed by atoms with Crippen molar-refractivity contribution in [3.63, 3.8) is 0 Å². The number of ether oxygens (including phenoxy) is 4. The molecule has 2 fully saturated rings. The highest BCUT2D eigenvalue weighted by molar-refractivity contribution is 8.55. The number of nitrogens with zero attached hydrogens (tertiary/aromatic N) is 5. The highest BCUT2D eigenvalue weighted by atomic mass is 32.7. The van der Waals surface area contributed by atoms with Crippen LogP contribution in [0.25, 0.3) is 11.2 Å². The highest BCUT2D eigenvalue weighted by Gasteiger charge is 2.51. The SMILES string of the molecule is CO[C@@H]1[C@@H](OP(=O)(OC[C@@H]2O[C@@H](n3cnc4c(N)ncnc43)C[C@@H]2O)SCOC(=O)C(C)(C)C)[C@@H](CO)O[C@H]1n1ccc(=O)[nH]c1=O. The third-order valence-electron chi connectivity index (χ3n) is 7.43. The molecule has 19 nitrogen and oxygen atoms in total. The van der Waals surface area contributed by atoms with Crippen molar-refractivity contribution in [2.75, 3.05) is 32.0 Å². The number of aromatic nitrogens is 6. The third kappa shape index (κ3) is 7.60. The summed E-state index contributed by atoms with van der Waals surface area (Å²) >= 11 is 0.545. The van der Waals surface area contributed by atoms with E-state index in [1.54, 1.807) is 25.3 Å². The van der Waals surface area contributed by atoms with Crippen LogP contribution < -0.4 is 17.0 Å². The molecule has 0 saturated carbocycles. The summed E-state index contributed by atoms with van der Waals surface area (Å²) in [5.41, 5.74) is 4.33. The van der Waals surface area contributed by atoms with Crippen molar-refractivity contribution < 1.29 is 47.6 Å². The molecule has 2 saturated heterocycles. The van der Waals surface area contributed by atoms with Crippen LogP contribution in [0.2, 0.25) is 0 Å². The van der Waals surface area contributed by atoms with E-state index < -0.39 is 91.6 Å². The molecule has 0 amide bonds. The summed E-state index contributed by atoms with van der Waals surface area (Å²) in [6.45, 7) is -0.471. The lowest BCUT2D eigenvalue weighted by Crippen LogP contribution is -2.39. The summed E-state index contributed by atoms with van der Waals surface area (Å²) < 4.78 is 51.4. The number of aliphatic hydroxyl groups is 2. The number of imidazole rings is 1. The van der Waals surface area contributed by atoms with Crippen LogP contribution in [0.15, 0.2) is 34.5 Å². The van der Waals surface area contributed by atoms with Gasteiger partial charge in [0.15, 0.2) is 17.7 Å². The van der Waals surface area contributed by atoms with E-state index in [1.165, 1.54) is 26.0 Å². The summed E-state index contributed by atoms with van der Waals surface area (Å²) in [5, 5.41) is 21.0. The Morgan fingerprint density at radius 1 is 1.19 bits per heavy atom. The van der Waals surface area contributed by atoms with Crippen LogP contribution in [-0.2, 0) is 37.4 Å². The lowest BCUT2D eigenvalue weighted by Gasteiger charge is -2.28. The van der Waals surface area contributed by atoms with Crippen LogP contribution >= 0.6 is 18.2 Å². The smallest absolute Gasteiger partial charge is 0.392 e. The van der Waals surface area contributed by atoms with Gasteiger partial charge in [-0.05, 0) is 20.8 Å². The number of carbonyl (C=O) groups excluding carboxylic acids is 1. The average Bonchev–Trinajstić information content (AvgIpc) is 3.70. The van der Waals surface area contributed by atoms with Gasteiger partial charge in [0, 0.05) is 37.2 Å². The molecule has 5 N–H and O–H groups in total. The summed E-state index contributed by atoms with van der Waals surface area (Å²) in [5.74, 6) is -0.839. The maximum Gasteiger partial charge on any atom is 0.392 e. The van der Waals surface area contributed by atoms with Crippen LogP contribution in [0.3, 0.4) is 0 Å². The number of nitrogens with two attached hydrogens (primary N) is 1. The zero-order chi connectivity index (χ0) is 34.1. The number of fused-ring (bicyclic) bond motifs is 1. The molecule has 3 aromatic rings. The number of hydrogen-bond donors (Lipinski definition) is 4. The Hall–Kier alpha value is -3.20. The van der Waals surface area contributed by atoms with Crippen LogP contribution in [0.4, 0.5) is 5.82 Å². The normalized spacial score (nSPS) is 27.7. The summed E-state index contributed by atoms with van der Waals surface area (Å²) in [6, 6.07) is 1.10. The molecule has 2 aliphatic heterocycles. The molecule has 5 heterocycles. The second-order valence-corrected chi connectivity index (χ2v) is 15.7. The molecule has 258 valence electrons. The second-order valence-electron chi connectivity index (χ2n) is 11.7. The lowest BCUT2D eigenvalue weighted by atomic mass is 9.98. The largest absolute Gasteiger partial charge is 0.454 e. The molecule has 0 radical (unpaired) electrons. The first-order chi connectivity index (χ1) is 22.2. The van der Waals surface area contributed by atoms with Crippen molar-refractivity contribution in [3.05, 3.63) is 45.8 Å². The van der Waals surface area contributed by atoms with E-state index in [0.29, 0.717) is 22.5 Å². The third-order valence-corrected chi connectivity index (χ3v) is 10.8. The number of nitrogen functional groups attached to an aromatic ring is 1. The fourth-order valence-corrected chi connectivity index (χ4v) is 7.77. The van der Waals surface area contributed by atoms with Gasteiger partial charge in [-0.3, -0.25) is 32.8 Å². The van der Waals surface area contributed by atoms with Crippen molar-refractivity contribution in [1.29, 1.82) is 0 Å². The Kier molecular flexibility index (Phi) is 10.5. The predicted octanol–water partition coefficient (Wildman–Crippen LogP) is 0.302. The van der Waals surface area contributed by atoms with Crippen LogP contribution in [-0.4, -0.2) is 102 Å². The number of methoxy groups -OCH3 is 1. The summed E-state index contributed by atoms with van der Waals surface area (Å²) in [4.78, 5) is 51.0. The van der Waals surface area contributed by atoms with Crippen LogP contribution in [0.5, 0.6) is 0 Å². The maximum atomic E-state index is 14.3. The minimum atomic E-state index is -4.34. The Morgan fingerprint density at radius 3 is 2.64 bits per heavy atom. The monoisotopic (exact) mass is 701 g/mol. The summed E-state index contributed by atoms with van der Waals surface area (Å²) in [6.07, 6.45) is -3.56. The van der Waals surface area contributed by atoms with Crippen molar-refractivity contribution in [2.45, 2.75) is 70.2 Å². The standard InChI is InChI=1S/C26H36N7O12PS/c1-26(2,3)24(37)41-12-47-46(39,45-19-14(8-34)44-23(20(19)40-4)32-6-5-16(36)31-25(32)38)42-9-15-13(35)7-17(43-15)33-11-30-18-21(27)28-10-29-22(18)33/h5-6,10-11,13-15,17,19-20,23,34-35H,7-9,12H2,1-4H3,(H2,27,28,29)(H,31,36,38)/t13-,14+,15-,17+,19-,20+,23+,46?/m0/s1. The van der Waals surface area contributed by atoms with Gasteiger partial charge in [-0.2, -0.15) is 0 Å². The molecule has 2 aliphatic rings. The van der Waals surface area contributed by atoms with Gasteiger partial charge in [0.2, 0.25) is 0 Å². The van der Waals surface area contributed by atoms with E-state index in [2.05, 4.69) is 19.9 Å². The van der Waals surface area contributed by atoms with Crippen molar-refractivity contribution in [2.24, 2.45) is 5.41 Å². The number of hydrogen-bond acceptors (Lipinski definition) is 17. The first-order valence-corrected chi connectivity index (χ1v) is 17.5. The molecular formula is C26H36N7O12PS. The molecule has 47 heavy (non-hydrogen) atoms. The van der Waals surface area contributed by atoms with Gasteiger partial charge in [-0.25, -0.2) is 24.3 Å². The van der Waals surface area contributed by atoms with Crippen LogP contribution in [0, 0.1) is 5.41 Å². The molecular weight excluding hydrogens is 665 g/mol. The van der Waals surface area contributed by atoms with Gasteiger partial charge in [0.05, 0.1) is 31.1 Å². The molecule has 3 aromatic heterocycles. The Morgan fingerprint density at radius 2 is 1.96 bits per heavy atom. The number of rotatable bonds is 12. The molecule has 0 aromatic carbocycles. The zero-order valence-electron chi connectivity index (χ0n) is 25.8. The number of aliphatic hydroxyl groups excluding tert-OH is 2. The number of aromatic amines is 1. The average molecular weight is 702 g/mol. The summed E-state index contributed by atoms with van der Waals surface area (Å²) in [7, 11) is 1.29. The van der Waals surface area contributed by atoms with E-state index in [-0.39, 0.29) is 12.2 Å². The van der Waals surface area contributed by atoms with Crippen molar-refractivity contribution >= 4 is 41.1 Å². The fourth-order valence-electron chi connectivity index (χ4n) is 4.97. The Labute approximate surface area is 271 Å². The van der Waals surface area contributed by atoms with E-state index >= 15 is 0 Å². The van der Waals surface area contributed by atoms with Gasteiger partial charge in [-0.1, -0.05) is 0 Å². The van der Waals surface area contributed by atoms with Gasteiger partial charge in [-0.15, -0.1) is 0 Å². The first-order valence-electron chi connectivity index (χ1n) is 14.4. The van der Waals surface area contributed by atoms with Gasteiger partial charge >= 0.3 is 18.5 Å². The lowest BCUT2D eigenvalue weighted by molar-refractivity contribution is -0.150. The van der Waals surface area contributed by atoms with E-state index in [9.17, 15) is 29.2 Å². The van der Waals surface area contributed by atoms with Crippen molar-refractivity contribution in [1.82, 2.24) is 29.1 Å². The van der Waals surface area contributed by atoms with Gasteiger partial charge < -0.3 is 34.9 Å². The quantitative estimate of drug-likeness (QED) is 0.112. The fraction of sp³-hybridized carbons (Fsp3) is 0.615. The second kappa shape index (κ2) is 14.1. The number of carbonyl (C=O) groups is 1. The van der Waals surface area contributed by atoms with E-state index in [1.807, 2.05) is 0 Å². The molecule has 0 spiro atoms. The number of H-pyrrole nitrogens is 1. The number of nitrogens with one attached hydrogen (secondary N) is 1. The number of anilines is 1. The molecule has 1 unspecified atom stereocenters. The van der Waals surface area contributed by atoms with E-state index in [0.717, 1.165) is 10.6 Å². The molecule has 0 bridgehead atoms. The predicted molar refractivity (Wildman–Crippen MR) is 164 cm³/mol. The molecule has 21 heteroatoms. The van der Waals surface area contributed by atoms with Gasteiger partial charge in [0.1, 0.15) is 48.4 Å². The molecule has 8 atom stereocenters. The Bertz CT molecular complexity index is 1740. The van der Waals surface area contributed by atoms with Crippen molar-refractivity contribution in [3.8, 4) is 0 Å². The topological polar surface area (TPSA) is 254 Å². The zero-order valence-corrected chi connectivity index (χ0v) is 27.5.